The van der Waals surface area contributed by atoms with Gasteiger partial charge in [-0.15, -0.1) is 0 Å². The van der Waals surface area contributed by atoms with Crippen molar-refractivity contribution in [2.45, 2.75) is 13.0 Å². The second-order valence-electron chi connectivity index (χ2n) is 2.96. The molecule has 1 aromatic rings. The summed E-state index contributed by atoms with van der Waals surface area (Å²) in [6.45, 7) is 1.79. The van der Waals surface area contributed by atoms with Gasteiger partial charge in [-0.1, -0.05) is 6.07 Å². The quantitative estimate of drug-likeness (QED) is 0.709. The molecule has 1 aromatic carbocycles. The molecule has 2 N–H and O–H groups in total. The average Bonchev–Trinajstić information content (AvgIpc) is 2.12. The number of benzene rings is 1. The van der Waals surface area contributed by atoms with E-state index in [0.717, 1.165) is 29.5 Å². The van der Waals surface area contributed by atoms with Crippen molar-refractivity contribution in [3.05, 3.63) is 27.7 Å². The summed E-state index contributed by atoms with van der Waals surface area (Å²) >= 11 is 3.30. The molecule has 3 heteroatoms. The number of nitrogens with one attached hydrogen (secondary N) is 1. The number of halogens is 1. The van der Waals surface area contributed by atoms with Gasteiger partial charge in [0.2, 0.25) is 0 Å². The molecule has 0 spiro atoms. The first kappa shape index (κ1) is 8.08. The maximum Gasteiger partial charge on any atom is 0.134 e. The Morgan fingerprint density at radius 2 is 2.25 bits per heavy atom. The third-order valence-corrected chi connectivity index (χ3v) is 2.84. The third kappa shape index (κ3) is 1.23. The van der Waals surface area contributed by atoms with Crippen molar-refractivity contribution >= 4 is 15.9 Å². The highest BCUT2D eigenvalue weighted by Crippen LogP contribution is 2.31. The largest absolute Gasteiger partial charge is 0.506 e. The maximum atomic E-state index is 9.66. The van der Waals surface area contributed by atoms with Gasteiger partial charge in [0, 0.05) is 12.1 Å². The zero-order chi connectivity index (χ0) is 8.55. The number of phenols is 1. The van der Waals surface area contributed by atoms with Crippen molar-refractivity contribution in [3.8, 4) is 5.75 Å². The predicted octanol–water partition coefficient (Wildman–Crippen LogP) is 1.80. The van der Waals surface area contributed by atoms with Gasteiger partial charge in [-0.2, -0.15) is 0 Å². The Labute approximate surface area is 79.7 Å². The summed E-state index contributed by atoms with van der Waals surface area (Å²) in [4.78, 5) is 0. The van der Waals surface area contributed by atoms with E-state index in [0.29, 0.717) is 5.75 Å². The molecule has 0 atom stereocenters. The molecule has 0 amide bonds. The van der Waals surface area contributed by atoms with E-state index in [1.807, 2.05) is 6.07 Å². The first-order valence-corrected chi connectivity index (χ1v) is 4.78. The summed E-state index contributed by atoms with van der Waals surface area (Å²) in [6.07, 6.45) is 1.01. The van der Waals surface area contributed by atoms with E-state index in [1.54, 1.807) is 0 Å². The molecule has 0 saturated carbocycles. The van der Waals surface area contributed by atoms with Crippen molar-refractivity contribution in [1.82, 2.24) is 5.32 Å². The molecular formula is C9H10BrNO. The lowest BCUT2D eigenvalue weighted by atomic mass is 10.0. The van der Waals surface area contributed by atoms with Gasteiger partial charge in [0.15, 0.2) is 0 Å². The van der Waals surface area contributed by atoms with Crippen LogP contribution in [-0.4, -0.2) is 11.7 Å². The normalized spacial score (nSPS) is 15.8. The molecule has 0 aromatic heterocycles. The monoisotopic (exact) mass is 227 g/mol. The minimum atomic E-state index is 0.389. The Balaban J connectivity index is 2.54. The van der Waals surface area contributed by atoms with Crippen molar-refractivity contribution in [3.63, 3.8) is 0 Å². The van der Waals surface area contributed by atoms with Crippen molar-refractivity contribution in [2.75, 3.05) is 6.54 Å². The van der Waals surface area contributed by atoms with Crippen LogP contribution in [0.25, 0.3) is 0 Å². The summed E-state index contributed by atoms with van der Waals surface area (Å²) < 4.78 is 0.782. The number of phenolic OH excluding ortho intramolecular Hbond substituents is 1. The topological polar surface area (TPSA) is 32.3 Å². The molecule has 0 aliphatic carbocycles. The molecule has 0 fully saturated rings. The second kappa shape index (κ2) is 3.07. The molecule has 2 rings (SSSR count). The molecular weight excluding hydrogens is 218 g/mol. The Kier molecular flexibility index (Phi) is 2.07. The number of hydrogen-bond acceptors (Lipinski definition) is 2. The van der Waals surface area contributed by atoms with E-state index in [4.69, 9.17) is 0 Å². The van der Waals surface area contributed by atoms with Gasteiger partial charge in [-0.25, -0.2) is 0 Å². The molecule has 0 saturated heterocycles. The summed E-state index contributed by atoms with van der Waals surface area (Å²) in [5, 5.41) is 12.9. The van der Waals surface area contributed by atoms with Crippen LogP contribution in [0.1, 0.15) is 11.1 Å². The van der Waals surface area contributed by atoms with E-state index in [1.165, 1.54) is 5.56 Å². The standard InChI is InChI=1S/C9H10BrNO/c10-8-2-1-6-3-4-11-5-7(6)9(8)12/h1-2,11-12H,3-5H2. The minimum absolute atomic E-state index is 0.389. The van der Waals surface area contributed by atoms with Gasteiger partial charge in [-0.3, -0.25) is 0 Å². The van der Waals surface area contributed by atoms with Crippen LogP contribution in [-0.2, 0) is 13.0 Å². The number of hydrogen-bond donors (Lipinski definition) is 2. The Hall–Kier alpha value is -0.540. The molecule has 12 heavy (non-hydrogen) atoms. The van der Waals surface area contributed by atoms with Gasteiger partial charge in [0.05, 0.1) is 4.47 Å². The van der Waals surface area contributed by atoms with Crippen LogP contribution in [0.3, 0.4) is 0 Å². The Morgan fingerprint density at radius 3 is 3.08 bits per heavy atom. The highest BCUT2D eigenvalue weighted by atomic mass is 79.9. The summed E-state index contributed by atoms with van der Waals surface area (Å²) in [7, 11) is 0. The molecule has 1 aliphatic heterocycles. The van der Waals surface area contributed by atoms with E-state index in [-0.39, 0.29) is 0 Å². The molecule has 2 nitrogen and oxygen atoms in total. The number of aromatic hydroxyl groups is 1. The molecule has 0 radical (unpaired) electrons. The van der Waals surface area contributed by atoms with Gasteiger partial charge < -0.3 is 10.4 Å². The fourth-order valence-electron chi connectivity index (χ4n) is 1.52. The van der Waals surface area contributed by atoms with Gasteiger partial charge in [0.1, 0.15) is 5.75 Å². The highest BCUT2D eigenvalue weighted by Gasteiger charge is 2.13. The summed E-state index contributed by atoms with van der Waals surface area (Å²) in [5.74, 6) is 0.389. The first-order valence-electron chi connectivity index (χ1n) is 3.99. The van der Waals surface area contributed by atoms with Crippen LogP contribution < -0.4 is 5.32 Å². The van der Waals surface area contributed by atoms with E-state index in [9.17, 15) is 5.11 Å². The van der Waals surface area contributed by atoms with E-state index in [2.05, 4.69) is 27.3 Å². The van der Waals surface area contributed by atoms with Crippen molar-refractivity contribution in [1.29, 1.82) is 0 Å². The van der Waals surface area contributed by atoms with Crippen LogP contribution in [0.2, 0.25) is 0 Å². The summed E-state index contributed by atoms with van der Waals surface area (Å²) in [6, 6.07) is 3.97. The van der Waals surface area contributed by atoms with E-state index >= 15 is 0 Å². The fraction of sp³-hybridized carbons (Fsp3) is 0.333. The average molecular weight is 228 g/mol. The van der Waals surface area contributed by atoms with Gasteiger partial charge in [0.25, 0.3) is 0 Å². The zero-order valence-corrected chi connectivity index (χ0v) is 8.19. The zero-order valence-electron chi connectivity index (χ0n) is 6.60. The smallest absolute Gasteiger partial charge is 0.134 e. The third-order valence-electron chi connectivity index (χ3n) is 2.20. The van der Waals surface area contributed by atoms with Crippen LogP contribution in [0, 0.1) is 0 Å². The molecule has 1 aliphatic rings. The lowest BCUT2D eigenvalue weighted by molar-refractivity contribution is 0.455. The predicted molar refractivity (Wildman–Crippen MR) is 51.2 cm³/mol. The highest BCUT2D eigenvalue weighted by molar-refractivity contribution is 9.10. The van der Waals surface area contributed by atoms with Crippen molar-refractivity contribution in [2.24, 2.45) is 0 Å². The van der Waals surface area contributed by atoms with Crippen LogP contribution in [0.15, 0.2) is 16.6 Å². The fourth-order valence-corrected chi connectivity index (χ4v) is 1.89. The molecule has 1 heterocycles. The van der Waals surface area contributed by atoms with Crippen LogP contribution in [0.4, 0.5) is 0 Å². The minimum Gasteiger partial charge on any atom is -0.506 e. The SMILES string of the molecule is Oc1c(Br)ccc2c1CNCC2. The molecule has 0 unspecified atom stereocenters. The lowest BCUT2D eigenvalue weighted by Gasteiger charge is -2.18. The first-order chi connectivity index (χ1) is 5.79. The van der Waals surface area contributed by atoms with Crippen LogP contribution in [0.5, 0.6) is 5.75 Å². The van der Waals surface area contributed by atoms with Crippen molar-refractivity contribution < 1.29 is 5.11 Å². The molecule has 0 bridgehead atoms. The van der Waals surface area contributed by atoms with Gasteiger partial charge >= 0.3 is 0 Å². The number of fused-ring (bicyclic) bond motifs is 1. The van der Waals surface area contributed by atoms with Gasteiger partial charge in [-0.05, 0) is 40.5 Å². The summed E-state index contributed by atoms with van der Waals surface area (Å²) in [5.41, 5.74) is 2.30. The lowest BCUT2D eigenvalue weighted by Crippen LogP contribution is -2.23. The number of rotatable bonds is 0. The van der Waals surface area contributed by atoms with E-state index < -0.39 is 0 Å². The Morgan fingerprint density at radius 1 is 1.42 bits per heavy atom. The van der Waals surface area contributed by atoms with Crippen LogP contribution >= 0.6 is 15.9 Å². The molecule has 64 valence electrons. The second-order valence-corrected chi connectivity index (χ2v) is 3.81. The maximum absolute atomic E-state index is 9.66. The Bertz CT molecular complexity index is 312.